The first kappa shape index (κ1) is 26.1. The van der Waals surface area contributed by atoms with E-state index < -0.39 is 45.8 Å². The van der Waals surface area contributed by atoms with Crippen LogP contribution in [0.1, 0.15) is 0 Å². The summed E-state index contributed by atoms with van der Waals surface area (Å²) in [6.07, 6.45) is 0.832. The molecule has 2 aromatic heterocycles. The number of benzene rings is 2. The highest BCUT2D eigenvalue weighted by Crippen LogP contribution is 2.35. The predicted octanol–water partition coefficient (Wildman–Crippen LogP) is 4.49. The number of imidazole rings is 1. The molecule has 2 fully saturated rings. The first-order valence-electron chi connectivity index (χ1n) is 12.0. The number of rotatable bonds is 5. The van der Waals surface area contributed by atoms with Gasteiger partial charge in [-0.2, -0.15) is 9.35 Å². The SMILES string of the molecule is CS(C)(=O)=Nc1cc(F)c(-c2ccc(-c3nc4nc(O[C@@H]5CO[C@H]6[C@@H]5OC[C@H]6O)[nH]c4cc3Cl)cc2)c(F)c1. The van der Waals surface area contributed by atoms with E-state index in [9.17, 15) is 18.1 Å². The minimum Gasteiger partial charge on any atom is -0.456 e. The molecule has 2 saturated heterocycles. The summed E-state index contributed by atoms with van der Waals surface area (Å²) in [6, 6.07) is 10.4. The van der Waals surface area contributed by atoms with Crippen LogP contribution < -0.4 is 4.74 Å². The van der Waals surface area contributed by atoms with Gasteiger partial charge in [-0.3, -0.25) is 0 Å². The van der Waals surface area contributed by atoms with Gasteiger partial charge in [0, 0.05) is 39.9 Å². The smallest absolute Gasteiger partial charge is 0.296 e. The van der Waals surface area contributed by atoms with Gasteiger partial charge in [0.1, 0.15) is 29.9 Å². The fourth-order valence-electron chi connectivity index (χ4n) is 4.78. The van der Waals surface area contributed by atoms with Crippen molar-refractivity contribution in [3.8, 4) is 28.4 Å². The summed E-state index contributed by atoms with van der Waals surface area (Å²) in [5.41, 5.74) is 2.00. The number of ether oxygens (including phenoxy) is 3. The van der Waals surface area contributed by atoms with E-state index in [0.29, 0.717) is 33.0 Å². The lowest BCUT2D eigenvalue weighted by molar-refractivity contribution is 0.00706. The molecule has 2 aliphatic rings. The van der Waals surface area contributed by atoms with E-state index in [0.717, 1.165) is 12.1 Å². The van der Waals surface area contributed by atoms with Crippen molar-refractivity contribution in [1.29, 1.82) is 0 Å². The van der Waals surface area contributed by atoms with Gasteiger partial charge in [-0.05, 0) is 11.6 Å². The van der Waals surface area contributed by atoms with Gasteiger partial charge in [0.15, 0.2) is 11.8 Å². The highest BCUT2D eigenvalue weighted by Gasteiger charge is 2.48. The van der Waals surface area contributed by atoms with E-state index in [2.05, 4.69) is 19.3 Å². The molecular weight excluding hydrogens is 554 g/mol. The van der Waals surface area contributed by atoms with Gasteiger partial charge in [0.05, 0.1) is 40.7 Å². The average molecular weight is 577 g/mol. The highest BCUT2D eigenvalue weighted by atomic mass is 35.5. The molecule has 0 aliphatic carbocycles. The Bertz CT molecular complexity index is 1680. The first-order valence-corrected chi connectivity index (χ1v) is 14.7. The molecule has 2 aliphatic heterocycles. The maximum atomic E-state index is 14.8. The largest absolute Gasteiger partial charge is 0.456 e. The lowest BCUT2D eigenvalue weighted by atomic mass is 10.0. The number of hydrogen-bond donors (Lipinski definition) is 2. The molecular formula is C26H23ClF2N4O5S. The molecule has 39 heavy (non-hydrogen) atoms. The van der Waals surface area contributed by atoms with Gasteiger partial charge < -0.3 is 24.3 Å². The number of H-pyrrole nitrogens is 1. The minimum absolute atomic E-state index is 0.0272. The van der Waals surface area contributed by atoms with E-state index in [1.54, 1.807) is 30.3 Å². The second kappa shape index (κ2) is 9.79. The Kier molecular flexibility index (Phi) is 6.55. The number of fused-ring (bicyclic) bond motifs is 2. The van der Waals surface area contributed by atoms with E-state index in [1.165, 1.54) is 12.5 Å². The monoisotopic (exact) mass is 576 g/mol. The highest BCUT2D eigenvalue weighted by molar-refractivity contribution is 7.92. The number of hydrogen-bond acceptors (Lipinski definition) is 8. The molecule has 0 unspecified atom stereocenters. The second-order valence-corrected chi connectivity index (χ2v) is 12.6. The zero-order valence-corrected chi connectivity index (χ0v) is 22.3. The summed E-state index contributed by atoms with van der Waals surface area (Å²) >= 11 is 6.51. The minimum atomic E-state index is -2.57. The Hall–Kier alpha value is -3.16. The van der Waals surface area contributed by atoms with Crippen LogP contribution in [-0.2, 0) is 19.2 Å². The fraction of sp³-hybridized carbons (Fsp3) is 0.308. The molecule has 9 nitrogen and oxygen atoms in total. The number of nitrogens with one attached hydrogen (secondary N) is 1. The molecule has 4 aromatic rings. The maximum absolute atomic E-state index is 14.8. The summed E-state index contributed by atoms with van der Waals surface area (Å²) in [6.45, 7) is 0.446. The number of aliphatic hydroxyl groups is 1. The molecule has 0 spiro atoms. The van der Waals surface area contributed by atoms with Gasteiger partial charge >= 0.3 is 0 Å². The van der Waals surface area contributed by atoms with Crippen molar-refractivity contribution in [3.63, 3.8) is 0 Å². The van der Waals surface area contributed by atoms with Crippen molar-refractivity contribution in [2.75, 3.05) is 25.7 Å². The van der Waals surface area contributed by atoms with Crippen LogP contribution in [0.25, 0.3) is 33.5 Å². The quantitative estimate of drug-likeness (QED) is 0.359. The zero-order chi connectivity index (χ0) is 27.5. The Morgan fingerprint density at radius 1 is 1.05 bits per heavy atom. The van der Waals surface area contributed by atoms with Crippen molar-refractivity contribution in [3.05, 3.63) is 59.1 Å². The van der Waals surface area contributed by atoms with Gasteiger partial charge in [-0.1, -0.05) is 35.9 Å². The van der Waals surface area contributed by atoms with E-state index in [4.69, 9.17) is 25.8 Å². The summed E-state index contributed by atoms with van der Waals surface area (Å²) < 4.78 is 62.4. The van der Waals surface area contributed by atoms with Gasteiger partial charge in [-0.25, -0.2) is 18.0 Å². The van der Waals surface area contributed by atoms with Crippen LogP contribution in [0.5, 0.6) is 6.01 Å². The van der Waals surface area contributed by atoms with E-state index in [1.807, 2.05) is 0 Å². The second-order valence-electron chi connectivity index (χ2n) is 9.69. The normalized spacial score (nSPS) is 22.8. The molecule has 4 atom stereocenters. The Balaban J connectivity index is 1.26. The molecule has 0 radical (unpaired) electrons. The number of aromatic nitrogens is 3. The zero-order valence-electron chi connectivity index (χ0n) is 20.7. The van der Waals surface area contributed by atoms with Crippen molar-refractivity contribution in [2.24, 2.45) is 4.36 Å². The van der Waals surface area contributed by atoms with Gasteiger partial charge in [0.25, 0.3) is 6.01 Å². The summed E-state index contributed by atoms with van der Waals surface area (Å²) in [5.74, 6) is -1.63. The predicted molar refractivity (Wildman–Crippen MR) is 142 cm³/mol. The summed E-state index contributed by atoms with van der Waals surface area (Å²) in [5, 5.41) is 10.3. The first-order chi connectivity index (χ1) is 18.6. The standard InChI is InChI=1S/C26H23ClF2N4O5S/c1-39(2,35)33-14-7-16(28)21(17(29)8-14)12-3-5-13(6-4-12)22-15(27)9-18-25(31-22)32-26(30-18)38-20-11-37-23-19(34)10-36-24(20)23/h3-9,19-20,23-24,34H,10-11H2,1-2H3,(H,30,31,32)/t19-,20-,23-,24-/m1/s1. The molecule has 0 saturated carbocycles. The molecule has 2 N–H and O–H groups in total. The van der Waals surface area contributed by atoms with Crippen LogP contribution in [0.3, 0.4) is 0 Å². The maximum Gasteiger partial charge on any atom is 0.296 e. The Labute approximate surface area is 227 Å². The van der Waals surface area contributed by atoms with Crippen molar-refractivity contribution in [1.82, 2.24) is 15.0 Å². The number of pyridine rings is 1. The van der Waals surface area contributed by atoms with Crippen LogP contribution in [0.4, 0.5) is 14.5 Å². The lowest BCUT2D eigenvalue weighted by Crippen LogP contribution is -2.34. The lowest BCUT2D eigenvalue weighted by Gasteiger charge is -2.15. The molecule has 0 amide bonds. The molecule has 13 heteroatoms. The Morgan fingerprint density at radius 2 is 1.72 bits per heavy atom. The summed E-state index contributed by atoms with van der Waals surface area (Å²) in [7, 11) is -2.57. The van der Waals surface area contributed by atoms with Gasteiger partial charge in [-0.15, -0.1) is 0 Å². The molecule has 4 heterocycles. The number of halogens is 3. The van der Waals surface area contributed by atoms with Crippen molar-refractivity contribution < 1.29 is 32.3 Å². The Morgan fingerprint density at radius 3 is 2.41 bits per heavy atom. The molecule has 2 aromatic carbocycles. The third-order valence-electron chi connectivity index (χ3n) is 6.45. The van der Waals surface area contributed by atoms with Crippen LogP contribution in [0, 0.1) is 11.6 Å². The van der Waals surface area contributed by atoms with Crippen molar-refractivity contribution >= 4 is 38.2 Å². The van der Waals surface area contributed by atoms with Crippen molar-refractivity contribution in [2.45, 2.75) is 24.4 Å². The van der Waals surface area contributed by atoms with Crippen LogP contribution in [0.2, 0.25) is 5.02 Å². The van der Waals surface area contributed by atoms with Crippen LogP contribution in [0.15, 0.2) is 46.8 Å². The van der Waals surface area contributed by atoms with E-state index >= 15 is 0 Å². The average Bonchev–Trinajstić information content (AvgIpc) is 3.54. The number of nitrogens with zero attached hydrogens (tertiary/aromatic N) is 3. The number of aromatic amines is 1. The fourth-order valence-corrected chi connectivity index (χ4v) is 5.65. The van der Waals surface area contributed by atoms with Crippen LogP contribution >= 0.6 is 11.6 Å². The topological polar surface area (TPSA) is 119 Å². The third kappa shape index (κ3) is 5.10. The molecule has 204 valence electrons. The van der Waals surface area contributed by atoms with E-state index in [-0.39, 0.29) is 30.5 Å². The van der Waals surface area contributed by atoms with Gasteiger partial charge in [0.2, 0.25) is 0 Å². The molecule has 0 bridgehead atoms. The third-order valence-corrected chi connectivity index (χ3v) is 7.39. The summed E-state index contributed by atoms with van der Waals surface area (Å²) in [4.78, 5) is 12.0. The molecule has 6 rings (SSSR count). The number of aliphatic hydroxyl groups excluding tert-OH is 1. The van der Waals surface area contributed by atoms with Crippen LogP contribution in [-0.4, -0.2) is 74.4 Å².